The van der Waals surface area contributed by atoms with E-state index in [-0.39, 0.29) is 24.8 Å². The summed E-state index contributed by atoms with van der Waals surface area (Å²) in [6.45, 7) is 4.37. The Bertz CT molecular complexity index is 60.1. The molecule has 11 heavy (non-hydrogen) atoms. The second kappa shape index (κ2) is 13.2. The minimum Gasteiger partial charge on any atom is -0.328 e. The van der Waals surface area contributed by atoms with Gasteiger partial charge in [-0.25, -0.2) is 0 Å². The first-order valence-corrected chi connectivity index (χ1v) is 4.06. The zero-order valence-electron chi connectivity index (χ0n) is 7.51. The molecule has 1 atom stereocenters. The standard InChI is InChI=1S/C8H19N.2ClH/c1-3-5-6-7-8(9)4-2;;/h8H,3-7,9H2,1-2H3;2*1H. The summed E-state index contributed by atoms with van der Waals surface area (Å²) in [5.41, 5.74) is 5.71. The third-order valence-corrected chi connectivity index (χ3v) is 1.70. The average Bonchev–Trinajstić information content (AvgIpc) is 1.89. The molecular weight excluding hydrogens is 181 g/mol. The van der Waals surface area contributed by atoms with Gasteiger partial charge < -0.3 is 5.73 Å². The van der Waals surface area contributed by atoms with Crippen molar-refractivity contribution < 1.29 is 0 Å². The monoisotopic (exact) mass is 201 g/mol. The third kappa shape index (κ3) is 13.5. The Labute approximate surface area is 82.9 Å². The van der Waals surface area contributed by atoms with Crippen LogP contribution in [0.25, 0.3) is 0 Å². The number of rotatable bonds is 5. The fourth-order valence-corrected chi connectivity index (χ4v) is 0.861. The van der Waals surface area contributed by atoms with Crippen molar-refractivity contribution in [1.82, 2.24) is 0 Å². The predicted molar refractivity (Wildman–Crippen MR) is 56.9 cm³/mol. The first-order valence-electron chi connectivity index (χ1n) is 4.06. The lowest BCUT2D eigenvalue weighted by Crippen LogP contribution is -2.17. The molecule has 3 heteroatoms. The van der Waals surface area contributed by atoms with E-state index in [2.05, 4.69) is 13.8 Å². The SMILES string of the molecule is CCCCCC(N)CC.Cl.Cl. The van der Waals surface area contributed by atoms with Crippen LogP contribution in [0.4, 0.5) is 0 Å². The highest BCUT2D eigenvalue weighted by molar-refractivity contribution is 5.85. The van der Waals surface area contributed by atoms with E-state index < -0.39 is 0 Å². The first-order chi connectivity index (χ1) is 4.31. The smallest absolute Gasteiger partial charge is 0.00362 e. The zero-order chi connectivity index (χ0) is 7.11. The van der Waals surface area contributed by atoms with Gasteiger partial charge in [0.2, 0.25) is 0 Å². The number of nitrogens with two attached hydrogens (primary N) is 1. The molecule has 72 valence electrons. The molecule has 1 unspecified atom stereocenters. The van der Waals surface area contributed by atoms with Gasteiger partial charge in [0.15, 0.2) is 0 Å². The molecule has 0 aromatic heterocycles. The molecule has 0 saturated heterocycles. The third-order valence-electron chi connectivity index (χ3n) is 1.70. The number of hydrogen-bond acceptors (Lipinski definition) is 1. The van der Waals surface area contributed by atoms with Gasteiger partial charge in [-0.05, 0) is 12.8 Å². The Morgan fingerprint density at radius 1 is 1.09 bits per heavy atom. The largest absolute Gasteiger partial charge is 0.328 e. The molecule has 0 amide bonds. The Balaban J connectivity index is -0.000000320. The maximum Gasteiger partial charge on any atom is 0.00362 e. The quantitative estimate of drug-likeness (QED) is 0.681. The van der Waals surface area contributed by atoms with Gasteiger partial charge in [-0.1, -0.05) is 33.1 Å². The maximum atomic E-state index is 5.71. The molecule has 1 nitrogen and oxygen atoms in total. The van der Waals surface area contributed by atoms with Crippen molar-refractivity contribution in [2.24, 2.45) is 5.73 Å². The second-order valence-corrected chi connectivity index (χ2v) is 2.66. The fourth-order valence-electron chi connectivity index (χ4n) is 0.861. The summed E-state index contributed by atoms with van der Waals surface area (Å²) in [5.74, 6) is 0. The molecule has 0 saturated carbocycles. The van der Waals surface area contributed by atoms with Crippen LogP contribution in [0.2, 0.25) is 0 Å². The minimum atomic E-state index is 0. The summed E-state index contributed by atoms with van der Waals surface area (Å²) in [6, 6.07) is 0.455. The average molecular weight is 202 g/mol. The minimum absolute atomic E-state index is 0. The number of halogens is 2. The topological polar surface area (TPSA) is 26.0 Å². The molecule has 0 aromatic carbocycles. The predicted octanol–water partition coefficient (Wildman–Crippen LogP) is 3.15. The van der Waals surface area contributed by atoms with Crippen LogP contribution < -0.4 is 5.73 Å². The Morgan fingerprint density at radius 3 is 2.00 bits per heavy atom. The molecule has 0 aliphatic carbocycles. The lowest BCUT2D eigenvalue weighted by atomic mass is 10.1. The molecule has 2 N–H and O–H groups in total. The van der Waals surface area contributed by atoms with Crippen LogP contribution in [0.15, 0.2) is 0 Å². The lowest BCUT2D eigenvalue weighted by Gasteiger charge is -2.05. The van der Waals surface area contributed by atoms with Gasteiger partial charge in [0, 0.05) is 6.04 Å². The summed E-state index contributed by atoms with van der Waals surface area (Å²) in [4.78, 5) is 0. The van der Waals surface area contributed by atoms with Crippen molar-refractivity contribution in [3.63, 3.8) is 0 Å². The molecule has 0 bridgehead atoms. The Kier molecular flexibility index (Phi) is 21.0. The van der Waals surface area contributed by atoms with Crippen LogP contribution in [-0.4, -0.2) is 6.04 Å². The Morgan fingerprint density at radius 2 is 1.64 bits per heavy atom. The van der Waals surface area contributed by atoms with Gasteiger partial charge >= 0.3 is 0 Å². The highest BCUT2D eigenvalue weighted by Gasteiger charge is 1.95. The van der Waals surface area contributed by atoms with Crippen molar-refractivity contribution in [2.45, 2.75) is 52.0 Å². The van der Waals surface area contributed by atoms with Gasteiger partial charge in [0.25, 0.3) is 0 Å². The molecular formula is C8H21Cl2N. The molecule has 0 fully saturated rings. The van der Waals surface area contributed by atoms with Crippen molar-refractivity contribution in [3.8, 4) is 0 Å². The summed E-state index contributed by atoms with van der Waals surface area (Å²) in [7, 11) is 0. The molecule has 0 rings (SSSR count). The normalized spacial score (nSPS) is 11.2. The van der Waals surface area contributed by atoms with Crippen LogP contribution in [0.5, 0.6) is 0 Å². The van der Waals surface area contributed by atoms with Gasteiger partial charge in [-0.2, -0.15) is 0 Å². The summed E-state index contributed by atoms with van der Waals surface area (Å²) >= 11 is 0. The van der Waals surface area contributed by atoms with Crippen LogP contribution in [-0.2, 0) is 0 Å². The molecule has 0 heterocycles. The van der Waals surface area contributed by atoms with E-state index in [9.17, 15) is 0 Å². The van der Waals surface area contributed by atoms with Crippen LogP contribution in [0.1, 0.15) is 46.0 Å². The van der Waals surface area contributed by atoms with E-state index in [1.165, 1.54) is 25.7 Å². The summed E-state index contributed by atoms with van der Waals surface area (Å²) in [6.07, 6.45) is 6.30. The van der Waals surface area contributed by atoms with Gasteiger partial charge in [0.1, 0.15) is 0 Å². The van der Waals surface area contributed by atoms with Gasteiger partial charge in [-0.3, -0.25) is 0 Å². The van der Waals surface area contributed by atoms with Crippen molar-refractivity contribution in [3.05, 3.63) is 0 Å². The van der Waals surface area contributed by atoms with Crippen LogP contribution >= 0.6 is 24.8 Å². The first kappa shape index (κ1) is 17.6. The van der Waals surface area contributed by atoms with Crippen molar-refractivity contribution in [1.29, 1.82) is 0 Å². The second-order valence-electron chi connectivity index (χ2n) is 2.66. The van der Waals surface area contributed by atoms with E-state index in [0.717, 1.165) is 6.42 Å². The van der Waals surface area contributed by atoms with Crippen LogP contribution in [0.3, 0.4) is 0 Å². The maximum absolute atomic E-state index is 5.71. The van der Waals surface area contributed by atoms with Gasteiger partial charge in [0.05, 0.1) is 0 Å². The van der Waals surface area contributed by atoms with E-state index in [1.807, 2.05) is 0 Å². The van der Waals surface area contributed by atoms with E-state index in [0.29, 0.717) is 6.04 Å². The molecule has 0 spiro atoms. The molecule has 0 aliphatic heterocycles. The highest BCUT2D eigenvalue weighted by atomic mass is 35.5. The van der Waals surface area contributed by atoms with Gasteiger partial charge in [-0.15, -0.1) is 24.8 Å². The van der Waals surface area contributed by atoms with Crippen LogP contribution in [0, 0.1) is 0 Å². The number of hydrogen-bond donors (Lipinski definition) is 1. The van der Waals surface area contributed by atoms with E-state index >= 15 is 0 Å². The lowest BCUT2D eigenvalue weighted by molar-refractivity contribution is 0.547. The highest BCUT2D eigenvalue weighted by Crippen LogP contribution is 2.02. The number of unbranched alkanes of at least 4 members (excludes halogenated alkanes) is 2. The molecule has 0 radical (unpaired) electrons. The van der Waals surface area contributed by atoms with E-state index in [4.69, 9.17) is 5.73 Å². The molecule has 0 aromatic rings. The fraction of sp³-hybridized carbons (Fsp3) is 1.00. The van der Waals surface area contributed by atoms with E-state index in [1.54, 1.807) is 0 Å². The summed E-state index contributed by atoms with van der Waals surface area (Å²) in [5, 5.41) is 0. The summed E-state index contributed by atoms with van der Waals surface area (Å²) < 4.78 is 0. The Hall–Kier alpha value is 0.540. The zero-order valence-corrected chi connectivity index (χ0v) is 9.14. The van der Waals surface area contributed by atoms with Crippen molar-refractivity contribution in [2.75, 3.05) is 0 Å². The molecule has 0 aliphatic rings. The van der Waals surface area contributed by atoms with Crippen molar-refractivity contribution >= 4 is 24.8 Å².